The van der Waals surface area contributed by atoms with E-state index in [1.807, 2.05) is 38.1 Å². The number of hydrogen-bond donors (Lipinski definition) is 0. The molecule has 1 rings (SSSR count). The Morgan fingerprint density at radius 3 is 2.15 bits per heavy atom. The highest BCUT2D eigenvalue weighted by atomic mass is 28.4. The van der Waals surface area contributed by atoms with E-state index in [1.165, 1.54) is 0 Å². The Bertz CT molecular complexity index is 256. The SMILES string of the molecule is CCC(c1ccc(C)cc1)[SiH](F)F. The number of benzene rings is 1. The van der Waals surface area contributed by atoms with Gasteiger partial charge in [-0.1, -0.05) is 36.8 Å². The van der Waals surface area contributed by atoms with E-state index < -0.39 is 15.0 Å². The highest BCUT2D eigenvalue weighted by Gasteiger charge is 2.23. The fraction of sp³-hybridized carbons (Fsp3) is 0.400. The molecule has 0 amide bonds. The first kappa shape index (κ1) is 10.4. The van der Waals surface area contributed by atoms with Crippen LogP contribution in [0.3, 0.4) is 0 Å². The van der Waals surface area contributed by atoms with E-state index in [0.29, 0.717) is 6.42 Å². The third-order valence-electron chi connectivity index (χ3n) is 2.25. The zero-order chi connectivity index (χ0) is 9.84. The monoisotopic (exact) mass is 200 g/mol. The minimum Gasteiger partial charge on any atom is -0.274 e. The Morgan fingerprint density at radius 1 is 1.23 bits per heavy atom. The van der Waals surface area contributed by atoms with Gasteiger partial charge >= 0.3 is 9.46 Å². The molecule has 13 heavy (non-hydrogen) atoms. The lowest BCUT2D eigenvalue weighted by atomic mass is 10.1. The summed E-state index contributed by atoms with van der Waals surface area (Å²) in [5.74, 6) is 0. The Morgan fingerprint density at radius 2 is 1.77 bits per heavy atom. The highest BCUT2D eigenvalue weighted by molar-refractivity contribution is 6.44. The first-order valence-electron chi connectivity index (χ1n) is 4.50. The maximum Gasteiger partial charge on any atom is 0.418 e. The van der Waals surface area contributed by atoms with Gasteiger partial charge in [0, 0.05) is 5.54 Å². The maximum absolute atomic E-state index is 12.6. The molecule has 0 aromatic heterocycles. The number of halogens is 2. The predicted molar refractivity (Wildman–Crippen MR) is 53.6 cm³/mol. The van der Waals surface area contributed by atoms with E-state index in [1.54, 1.807) is 0 Å². The fourth-order valence-corrected chi connectivity index (χ4v) is 2.24. The van der Waals surface area contributed by atoms with E-state index >= 15 is 0 Å². The third-order valence-corrected chi connectivity index (χ3v) is 3.71. The minimum atomic E-state index is -3.53. The standard InChI is InChI=1S/C10H14F2Si/c1-3-10(13(11)12)9-6-4-8(2)5-7-9/h4-7,10,13H,3H2,1-2H3. The largest absolute Gasteiger partial charge is 0.418 e. The van der Waals surface area contributed by atoms with Crippen molar-refractivity contribution in [2.75, 3.05) is 0 Å². The Labute approximate surface area is 79.5 Å². The van der Waals surface area contributed by atoms with Crippen molar-refractivity contribution in [3.8, 4) is 0 Å². The van der Waals surface area contributed by atoms with Crippen LogP contribution in [-0.2, 0) is 0 Å². The molecule has 3 heteroatoms. The molecule has 0 saturated carbocycles. The van der Waals surface area contributed by atoms with Gasteiger partial charge in [0.15, 0.2) is 0 Å². The van der Waals surface area contributed by atoms with Crippen LogP contribution in [0.1, 0.15) is 30.0 Å². The molecular formula is C10H14F2Si. The lowest BCUT2D eigenvalue weighted by molar-refractivity contribution is 0.603. The molecular weight excluding hydrogens is 186 g/mol. The van der Waals surface area contributed by atoms with Gasteiger partial charge in [0.1, 0.15) is 0 Å². The second-order valence-corrected chi connectivity index (χ2v) is 4.73. The molecule has 72 valence electrons. The van der Waals surface area contributed by atoms with Crippen LogP contribution in [0, 0.1) is 6.92 Å². The fourth-order valence-electron chi connectivity index (χ4n) is 1.37. The van der Waals surface area contributed by atoms with Gasteiger partial charge in [0.25, 0.3) is 0 Å². The number of rotatable bonds is 3. The van der Waals surface area contributed by atoms with Crippen molar-refractivity contribution in [3.63, 3.8) is 0 Å². The van der Waals surface area contributed by atoms with Gasteiger partial charge in [-0.15, -0.1) is 0 Å². The van der Waals surface area contributed by atoms with Crippen LogP contribution in [0.2, 0.25) is 0 Å². The molecule has 0 nitrogen and oxygen atoms in total. The van der Waals surface area contributed by atoms with Crippen LogP contribution in [-0.4, -0.2) is 9.46 Å². The van der Waals surface area contributed by atoms with Crippen molar-refractivity contribution in [2.24, 2.45) is 0 Å². The molecule has 0 radical (unpaired) electrons. The molecule has 1 atom stereocenters. The van der Waals surface area contributed by atoms with Crippen LogP contribution < -0.4 is 0 Å². The topological polar surface area (TPSA) is 0 Å². The summed E-state index contributed by atoms with van der Waals surface area (Å²) in [6, 6.07) is 7.44. The van der Waals surface area contributed by atoms with Crippen LogP contribution in [0.4, 0.5) is 8.22 Å². The third kappa shape index (κ3) is 2.62. The van der Waals surface area contributed by atoms with Crippen molar-refractivity contribution in [1.82, 2.24) is 0 Å². The van der Waals surface area contributed by atoms with Gasteiger partial charge in [-0.3, -0.25) is 8.22 Å². The van der Waals surface area contributed by atoms with Crippen molar-refractivity contribution in [1.29, 1.82) is 0 Å². The van der Waals surface area contributed by atoms with E-state index in [0.717, 1.165) is 11.1 Å². The van der Waals surface area contributed by atoms with E-state index in [2.05, 4.69) is 0 Å². The van der Waals surface area contributed by atoms with Gasteiger partial charge in [0.2, 0.25) is 0 Å². The lowest BCUT2D eigenvalue weighted by Crippen LogP contribution is -2.12. The highest BCUT2D eigenvalue weighted by Crippen LogP contribution is 2.23. The van der Waals surface area contributed by atoms with Crippen LogP contribution >= 0.6 is 0 Å². The van der Waals surface area contributed by atoms with Crippen molar-refractivity contribution >= 4 is 9.46 Å². The molecule has 0 aliphatic heterocycles. The molecule has 0 aliphatic carbocycles. The summed E-state index contributed by atoms with van der Waals surface area (Å²) >= 11 is 0. The molecule has 0 aliphatic rings. The summed E-state index contributed by atoms with van der Waals surface area (Å²) in [5, 5.41) is 0. The first-order chi connectivity index (χ1) is 6.15. The van der Waals surface area contributed by atoms with Gasteiger partial charge in [-0.25, -0.2) is 0 Å². The Hall–Kier alpha value is -0.703. The zero-order valence-corrected chi connectivity index (χ0v) is 9.08. The van der Waals surface area contributed by atoms with Gasteiger partial charge in [-0.2, -0.15) is 0 Å². The second-order valence-electron chi connectivity index (χ2n) is 3.26. The lowest BCUT2D eigenvalue weighted by Gasteiger charge is -2.12. The van der Waals surface area contributed by atoms with Crippen LogP contribution in [0.25, 0.3) is 0 Å². The first-order valence-corrected chi connectivity index (χ1v) is 6.03. The molecule has 1 aromatic rings. The molecule has 0 bridgehead atoms. The van der Waals surface area contributed by atoms with Gasteiger partial charge in [-0.05, 0) is 18.9 Å². The van der Waals surface area contributed by atoms with Crippen molar-refractivity contribution in [2.45, 2.75) is 25.8 Å². The maximum atomic E-state index is 12.6. The minimum absolute atomic E-state index is 0.472. The Balaban J connectivity index is 2.86. The number of hydrogen-bond acceptors (Lipinski definition) is 0. The molecule has 1 aromatic carbocycles. The summed E-state index contributed by atoms with van der Waals surface area (Å²) in [6.07, 6.45) is 0.549. The summed E-state index contributed by atoms with van der Waals surface area (Å²) in [4.78, 5) is 0. The molecule has 0 N–H and O–H groups in total. The van der Waals surface area contributed by atoms with Crippen molar-refractivity contribution in [3.05, 3.63) is 35.4 Å². The second kappa shape index (κ2) is 4.51. The van der Waals surface area contributed by atoms with E-state index in [-0.39, 0.29) is 0 Å². The van der Waals surface area contributed by atoms with Gasteiger partial charge in [0.05, 0.1) is 0 Å². The average Bonchev–Trinajstić information content (AvgIpc) is 2.09. The smallest absolute Gasteiger partial charge is 0.274 e. The van der Waals surface area contributed by atoms with Crippen LogP contribution in [0.5, 0.6) is 0 Å². The van der Waals surface area contributed by atoms with E-state index in [4.69, 9.17) is 0 Å². The average molecular weight is 200 g/mol. The van der Waals surface area contributed by atoms with E-state index in [9.17, 15) is 8.22 Å². The van der Waals surface area contributed by atoms with Gasteiger partial charge < -0.3 is 0 Å². The summed E-state index contributed by atoms with van der Waals surface area (Å²) < 4.78 is 25.2. The summed E-state index contributed by atoms with van der Waals surface area (Å²) in [7, 11) is -3.53. The molecule has 1 unspecified atom stereocenters. The predicted octanol–water partition coefficient (Wildman–Crippen LogP) is 3.19. The zero-order valence-electron chi connectivity index (χ0n) is 7.93. The normalized spacial score (nSPS) is 13.3. The molecule has 0 fully saturated rings. The number of aryl methyl sites for hydroxylation is 1. The Kier molecular flexibility index (Phi) is 3.60. The molecule has 0 saturated heterocycles. The quantitative estimate of drug-likeness (QED) is 0.519. The summed E-state index contributed by atoms with van der Waals surface area (Å²) in [5.41, 5.74) is 1.45. The van der Waals surface area contributed by atoms with Crippen LogP contribution in [0.15, 0.2) is 24.3 Å². The summed E-state index contributed by atoms with van der Waals surface area (Å²) in [6.45, 7) is 3.79. The molecule has 0 spiro atoms. The van der Waals surface area contributed by atoms with Crippen molar-refractivity contribution < 1.29 is 8.22 Å². The molecule has 0 heterocycles.